The average Bonchev–Trinajstić information content (AvgIpc) is 2.28. The largest absolute Gasteiger partial charge is 0.465 e. The van der Waals surface area contributed by atoms with Gasteiger partial charge in [0.25, 0.3) is 0 Å². The molecule has 1 unspecified atom stereocenters. The lowest BCUT2D eigenvalue weighted by Gasteiger charge is -2.14. The van der Waals surface area contributed by atoms with E-state index in [-0.39, 0.29) is 6.61 Å². The summed E-state index contributed by atoms with van der Waals surface area (Å²) in [7, 11) is -3.72. The lowest BCUT2D eigenvalue weighted by Crippen LogP contribution is -2.32. The summed E-state index contributed by atoms with van der Waals surface area (Å²) in [4.78, 5) is 11.2. The highest BCUT2D eigenvalue weighted by molar-refractivity contribution is 7.90. The molecular formula is C12H18N2O4S. The first-order chi connectivity index (χ1) is 8.84. The highest BCUT2D eigenvalue weighted by Gasteiger charge is 2.20. The fourth-order valence-corrected chi connectivity index (χ4v) is 2.67. The van der Waals surface area contributed by atoms with Crippen molar-refractivity contribution in [2.24, 2.45) is 0 Å². The van der Waals surface area contributed by atoms with Crippen molar-refractivity contribution in [3.05, 3.63) is 29.8 Å². The molecule has 0 saturated heterocycles. The van der Waals surface area contributed by atoms with Crippen molar-refractivity contribution in [1.29, 1.82) is 0 Å². The zero-order valence-electron chi connectivity index (χ0n) is 10.9. The monoisotopic (exact) mass is 286 g/mol. The second kappa shape index (κ2) is 6.53. The van der Waals surface area contributed by atoms with E-state index < -0.39 is 27.8 Å². The van der Waals surface area contributed by atoms with Crippen molar-refractivity contribution in [3.8, 4) is 0 Å². The van der Waals surface area contributed by atoms with E-state index in [0.29, 0.717) is 5.69 Å². The third-order valence-electron chi connectivity index (χ3n) is 2.41. The van der Waals surface area contributed by atoms with Gasteiger partial charge in [0, 0.05) is 11.7 Å². The molecule has 0 aliphatic rings. The minimum absolute atomic E-state index is 0.155. The topological polar surface area (TPSA) is 98.5 Å². The highest BCUT2D eigenvalue weighted by Crippen LogP contribution is 2.15. The number of hydrogen-bond acceptors (Lipinski definition) is 5. The Bertz CT molecular complexity index is 525. The number of hydrogen-bond donors (Lipinski definition) is 2. The van der Waals surface area contributed by atoms with Crippen molar-refractivity contribution in [2.75, 3.05) is 18.1 Å². The quantitative estimate of drug-likeness (QED) is 0.595. The van der Waals surface area contributed by atoms with Crippen LogP contribution < -0.4 is 10.5 Å². The predicted octanol–water partition coefficient (Wildman–Crippen LogP) is 0.812. The Kier molecular flexibility index (Phi) is 5.31. The Morgan fingerprint density at radius 3 is 2.47 bits per heavy atom. The number of rotatable bonds is 6. The lowest BCUT2D eigenvalue weighted by molar-refractivity contribution is -0.139. The van der Waals surface area contributed by atoms with Crippen LogP contribution >= 0.6 is 0 Å². The predicted molar refractivity (Wildman–Crippen MR) is 72.8 cm³/mol. The van der Waals surface area contributed by atoms with Crippen LogP contribution in [-0.4, -0.2) is 26.7 Å². The van der Waals surface area contributed by atoms with E-state index in [2.05, 4.69) is 9.46 Å². The number of ether oxygens (including phenoxy) is 1. The van der Waals surface area contributed by atoms with Crippen LogP contribution in [-0.2, 0) is 19.6 Å². The minimum Gasteiger partial charge on any atom is -0.465 e. The normalized spacial score (nSPS) is 12.9. The minimum atomic E-state index is -3.72. The van der Waals surface area contributed by atoms with Crippen molar-refractivity contribution in [1.82, 2.24) is 4.72 Å². The van der Waals surface area contributed by atoms with Crippen molar-refractivity contribution in [3.63, 3.8) is 0 Å². The standard InChI is InChI=1S/C12H18N2O4S/c1-3-18-12(15)8-19(16,17)14-9(2)10-4-6-11(13)7-5-10/h4-7,9,14H,3,8,13H2,1-2H3. The Balaban J connectivity index is 2.67. The highest BCUT2D eigenvalue weighted by atomic mass is 32.2. The molecule has 0 aliphatic carbocycles. The van der Waals surface area contributed by atoms with Crippen molar-refractivity contribution < 1.29 is 17.9 Å². The number of nitrogens with two attached hydrogens (primary N) is 1. The van der Waals surface area contributed by atoms with E-state index in [1.165, 1.54) is 0 Å². The lowest BCUT2D eigenvalue weighted by atomic mass is 10.1. The maximum Gasteiger partial charge on any atom is 0.322 e. The van der Waals surface area contributed by atoms with Gasteiger partial charge in [0.15, 0.2) is 5.75 Å². The third-order valence-corrected chi connectivity index (χ3v) is 3.73. The first-order valence-electron chi connectivity index (χ1n) is 5.85. The molecule has 0 amide bonds. The molecule has 1 aromatic rings. The summed E-state index contributed by atoms with van der Waals surface area (Å²) in [5.41, 5.74) is 6.92. The van der Waals surface area contributed by atoms with E-state index in [0.717, 1.165) is 5.56 Å². The molecule has 0 aromatic heterocycles. The number of esters is 1. The van der Waals surface area contributed by atoms with E-state index in [1.807, 2.05) is 0 Å². The van der Waals surface area contributed by atoms with Crippen LogP contribution in [0.2, 0.25) is 0 Å². The molecule has 0 aliphatic heterocycles. The first kappa shape index (κ1) is 15.5. The number of carbonyl (C=O) groups is 1. The van der Waals surface area contributed by atoms with Gasteiger partial charge in [-0.15, -0.1) is 0 Å². The molecule has 7 heteroatoms. The smallest absolute Gasteiger partial charge is 0.322 e. The number of benzene rings is 1. The molecule has 19 heavy (non-hydrogen) atoms. The molecule has 1 rings (SSSR count). The number of carbonyl (C=O) groups excluding carboxylic acids is 1. The number of nitrogens with one attached hydrogen (secondary N) is 1. The van der Waals surface area contributed by atoms with Crippen molar-refractivity contribution >= 4 is 21.7 Å². The Morgan fingerprint density at radius 1 is 1.37 bits per heavy atom. The van der Waals surface area contributed by atoms with Crippen LogP contribution in [0.25, 0.3) is 0 Å². The fraction of sp³-hybridized carbons (Fsp3) is 0.417. The van der Waals surface area contributed by atoms with Gasteiger partial charge in [-0.3, -0.25) is 4.79 Å². The zero-order valence-corrected chi connectivity index (χ0v) is 11.7. The van der Waals surface area contributed by atoms with Crippen LogP contribution in [0.4, 0.5) is 5.69 Å². The van der Waals surface area contributed by atoms with Gasteiger partial charge >= 0.3 is 5.97 Å². The van der Waals surface area contributed by atoms with E-state index in [4.69, 9.17) is 5.73 Å². The Morgan fingerprint density at radius 2 is 1.95 bits per heavy atom. The molecule has 6 nitrogen and oxygen atoms in total. The van der Waals surface area contributed by atoms with Gasteiger partial charge in [-0.2, -0.15) is 0 Å². The molecule has 1 atom stereocenters. The molecule has 0 radical (unpaired) electrons. The second-order valence-corrected chi connectivity index (χ2v) is 5.82. The summed E-state index contributed by atoms with van der Waals surface area (Å²) >= 11 is 0. The molecule has 0 bridgehead atoms. The van der Waals surface area contributed by atoms with E-state index in [1.54, 1.807) is 38.1 Å². The van der Waals surface area contributed by atoms with Gasteiger partial charge in [-0.1, -0.05) is 12.1 Å². The summed E-state index contributed by atoms with van der Waals surface area (Å²) in [5.74, 6) is -1.44. The Hall–Kier alpha value is -1.60. The van der Waals surface area contributed by atoms with Gasteiger partial charge in [0.05, 0.1) is 6.61 Å². The van der Waals surface area contributed by atoms with Gasteiger partial charge in [0.2, 0.25) is 10.0 Å². The summed E-state index contributed by atoms with van der Waals surface area (Å²) in [5, 5.41) is 0. The van der Waals surface area contributed by atoms with Gasteiger partial charge < -0.3 is 10.5 Å². The van der Waals surface area contributed by atoms with E-state index >= 15 is 0 Å². The number of nitrogen functional groups attached to an aromatic ring is 1. The van der Waals surface area contributed by atoms with Gasteiger partial charge in [-0.25, -0.2) is 13.1 Å². The molecule has 0 spiro atoms. The second-order valence-electron chi connectivity index (χ2n) is 4.07. The van der Waals surface area contributed by atoms with Gasteiger partial charge in [0.1, 0.15) is 0 Å². The first-order valence-corrected chi connectivity index (χ1v) is 7.50. The molecule has 0 saturated carbocycles. The summed E-state index contributed by atoms with van der Waals surface area (Å²) in [6.07, 6.45) is 0. The molecule has 106 valence electrons. The van der Waals surface area contributed by atoms with Crippen LogP contribution in [0.5, 0.6) is 0 Å². The van der Waals surface area contributed by atoms with Crippen molar-refractivity contribution in [2.45, 2.75) is 19.9 Å². The van der Waals surface area contributed by atoms with Crippen LogP contribution in [0.15, 0.2) is 24.3 Å². The third kappa shape index (κ3) is 5.27. The number of anilines is 1. The molecule has 3 N–H and O–H groups in total. The fourth-order valence-electron chi connectivity index (χ4n) is 1.52. The summed E-state index contributed by atoms with van der Waals surface area (Å²) in [6, 6.07) is 6.39. The van der Waals surface area contributed by atoms with Crippen LogP contribution in [0, 0.1) is 0 Å². The SMILES string of the molecule is CCOC(=O)CS(=O)(=O)NC(C)c1ccc(N)cc1. The van der Waals surface area contributed by atoms with Crippen LogP contribution in [0.1, 0.15) is 25.5 Å². The van der Waals surface area contributed by atoms with E-state index in [9.17, 15) is 13.2 Å². The summed E-state index contributed by atoms with van der Waals surface area (Å²) in [6.45, 7) is 3.46. The maximum atomic E-state index is 11.7. The molecule has 0 heterocycles. The molecule has 0 fully saturated rings. The zero-order chi connectivity index (χ0) is 14.5. The van der Waals surface area contributed by atoms with Crippen LogP contribution in [0.3, 0.4) is 0 Å². The Labute approximate surface area is 113 Å². The average molecular weight is 286 g/mol. The molecule has 1 aromatic carbocycles. The number of sulfonamides is 1. The molecular weight excluding hydrogens is 268 g/mol. The van der Waals surface area contributed by atoms with Gasteiger partial charge in [-0.05, 0) is 31.5 Å². The maximum absolute atomic E-state index is 11.7. The summed E-state index contributed by atoms with van der Waals surface area (Å²) < 4.78 is 30.5.